The Kier molecular flexibility index (Phi) is 7.69. The highest BCUT2D eigenvalue weighted by atomic mass is 35.5. The number of fused-ring (bicyclic) bond motifs is 4. The molecule has 2 aliphatic heterocycles. The topological polar surface area (TPSA) is 128 Å². The number of para-hydroxylation sites is 1. The summed E-state index contributed by atoms with van der Waals surface area (Å²) in [6.45, 7) is -0.0137. The molecule has 4 aromatic carbocycles. The van der Waals surface area contributed by atoms with Gasteiger partial charge in [0.15, 0.2) is 11.5 Å². The number of benzene rings is 4. The molecule has 8 rings (SSSR count). The summed E-state index contributed by atoms with van der Waals surface area (Å²) in [5, 5.41) is 12.0. The second-order valence-corrected chi connectivity index (χ2v) is 13.5. The molecule has 0 bridgehead atoms. The van der Waals surface area contributed by atoms with Gasteiger partial charge in [-0.1, -0.05) is 59.6 Å². The first-order valence-corrected chi connectivity index (χ1v) is 16.7. The van der Waals surface area contributed by atoms with E-state index in [0.29, 0.717) is 27.4 Å². The Bertz CT molecular complexity index is 2390. The third-order valence-corrected chi connectivity index (χ3v) is 10.7. The van der Waals surface area contributed by atoms with Crippen LogP contribution in [0.1, 0.15) is 29.5 Å². The molecule has 258 valence electrons. The fourth-order valence-corrected chi connectivity index (χ4v) is 8.35. The monoisotopic (exact) mass is 727 g/mol. The van der Waals surface area contributed by atoms with Crippen molar-refractivity contribution in [3.8, 4) is 17.2 Å². The van der Waals surface area contributed by atoms with E-state index in [9.17, 15) is 23.9 Å². The van der Waals surface area contributed by atoms with Gasteiger partial charge in [-0.2, -0.15) is 5.01 Å². The van der Waals surface area contributed by atoms with Crippen molar-refractivity contribution in [1.82, 2.24) is 18.9 Å². The summed E-state index contributed by atoms with van der Waals surface area (Å²) in [6, 6.07) is 22.6. The van der Waals surface area contributed by atoms with Crippen molar-refractivity contribution >= 4 is 40.7 Å². The van der Waals surface area contributed by atoms with Crippen molar-refractivity contribution in [2.24, 2.45) is 5.92 Å². The minimum atomic E-state index is -1.66. The fraction of sp³-hybridized carbons (Fsp3) is 0.189. The molecule has 1 aliphatic carbocycles. The lowest BCUT2D eigenvalue weighted by atomic mass is 9.53. The van der Waals surface area contributed by atoms with Gasteiger partial charge < -0.3 is 9.84 Å². The number of aromatic nitrogens is 3. The number of nitrogens with zero attached hydrogens (tertiary/aromatic N) is 4. The summed E-state index contributed by atoms with van der Waals surface area (Å²) >= 11 is 12.9. The summed E-state index contributed by atoms with van der Waals surface area (Å²) in [7, 11) is 1.36. The first-order chi connectivity index (χ1) is 24.6. The van der Waals surface area contributed by atoms with Crippen LogP contribution in [0.25, 0.3) is 5.69 Å². The number of phenolic OH excluding ortho intramolecular Hbond substituents is 1. The van der Waals surface area contributed by atoms with Gasteiger partial charge in [-0.3, -0.25) is 15.0 Å². The number of carbonyl (C=O) groups is 2. The lowest BCUT2D eigenvalue weighted by molar-refractivity contribution is -0.138. The average Bonchev–Trinajstić information content (AvgIpc) is 3.51. The predicted octanol–water partition coefficient (Wildman–Crippen LogP) is 5.58. The Morgan fingerprint density at radius 2 is 1.63 bits per heavy atom. The molecule has 11 nitrogen and oxygen atoms in total. The van der Waals surface area contributed by atoms with Crippen molar-refractivity contribution in [2.45, 2.75) is 30.3 Å². The molecule has 4 atom stereocenters. The van der Waals surface area contributed by atoms with E-state index in [4.69, 9.17) is 27.9 Å². The largest absolute Gasteiger partial charge is 0.503 e. The number of nitrogens with one attached hydrogen (secondary N) is 1. The first kappa shape index (κ1) is 32.6. The van der Waals surface area contributed by atoms with Crippen LogP contribution in [0.15, 0.2) is 112 Å². The number of halogens is 3. The van der Waals surface area contributed by atoms with Crippen LogP contribution >= 0.6 is 23.2 Å². The normalized spacial score (nSPS) is 22.2. The molecular weight excluding hydrogens is 700 g/mol. The molecule has 1 saturated carbocycles. The molecule has 3 heterocycles. The minimum Gasteiger partial charge on any atom is -0.503 e. The molecule has 2 amide bonds. The first-order valence-electron chi connectivity index (χ1n) is 16.0. The number of allylic oxidation sites excluding steroid dienone is 2. The Labute approximate surface area is 299 Å². The number of amides is 2. The molecule has 2 fully saturated rings. The number of rotatable bonds is 6. The number of methoxy groups -OCH3 is 1. The van der Waals surface area contributed by atoms with E-state index in [2.05, 4.69) is 5.43 Å². The van der Waals surface area contributed by atoms with Gasteiger partial charge in [0.1, 0.15) is 5.82 Å². The number of hydrazine groups is 1. The Hall–Kier alpha value is -5.59. The molecule has 0 spiro atoms. The van der Waals surface area contributed by atoms with E-state index in [1.54, 1.807) is 66.7 Å². The zero-order valence-corrected chi connectivity index (χ0v) is 28.3. The van der Waals surface area contributed by atoms with E-state index in [1.807, 2.05) is 0 Å². The summed E-state index contributed by atoms with van der Waals surface area (Å²) in [5.41, 5.74) is 2.20. The van der Waals surface area contributed by atoms with Gasteiger partial charge in [0.2, 0.25) is 0 Å². The summed E-state index contributed by atoms with van der Waals surface area (Å²) in [4.78, 5) is 58.0. The molecular formula is C37H28Cl2FN5O6. The number of imide groups is 1. The van der Waals surface area contributed by atoms with Crippen molar-refractivity contribution in [1.29, 1.82) is 0 Å². The van der Waals surface area contributed by atoms with E-state index >= 15 is 4.79 Å². The van der Waals surface area contributed by atoms with Crippen molar-refractivity contribution < 1.29 is 23.8 Å². The Morgan fingerprint density at radius 3 is 2.31 bits per heavy atom. The Balaban J connectivity index is 1.40. The molecule has 14 heteroatoms. The van der Waals surface area contributed by atoms with Gasteiger partial charge in [0.25, 0.3) is 11.8 Å². The number of carbonyl (C=O) groups excluding carboxylic acids is 2. The zero-order valence-electron chi connectivity index (χ0n) is 26.8. The molecule has 1 saturated heterocycles. The average molecular weight is 729 g/mol. The number of hydrogen-bond donors (Lipinski definition) is 2. The maximum Gasteiger partial charge on any atom is 0.352 e. The maximum atomic E-state index is 15.2. The summed E-state index contributed by atoms with van der Waals surface area (Å²) < 4.78 is 23.1. The lowest BCUT2D eigenvalue weighted by Crippen LogP contribution is -2.53. The van der Waals surface area contributed by atoms with Gasteiger partial charge in [-0.05, 0) is 83.8 Å². The van der Waals surface area contributed by atoms with E-state index in [1.165, 1.54) is 46.8 Å². The van der Waals surface area contributed by atoms with E-state index in [-0.39, 0.29) is 35.2 Å². The molecule has 5 aromatic rings. The third-order valence-electron chi connectivity index (χ3n) is 10.1. The highest BCUT2D eigenvalue weighted by molar-refractivity contribution is 6.32. The fourth-order valence-electron chi connectivity index (χ4n) is 8.01. The van der Waals surface area contributed by atoms with Gasteiger partial charge in [-0.25, -0.2) is 27.9 Å². The van der Waals surface area contributed by atoms with Gasteiger partial charge in [0.05, 0.1) is 47.4 Å². The van der Waals surface area contributed by atoms with Gasteiger partial charge in [-0.15, -0.1) is 0 Å². The quantitative estimate of drug-likeness (QED) is 0.173. The number of aromatic hydroxyl groups is 1. The van der Waals surface area contributed by atoms with Crippen LogP contribution in [-0.2, 0) is 21.5 Å². The third kappa shape index (κ3) is 4.77. The summed E-state index contributed by atoms with van der Waals surface area (Å²) in [5.74, 6) is -4.10. The molecule has 51 heavy (non-hydrogen) atoms. The van der Waals surface area contributed by atoms with Crippen LogP contribution in [0.2, 0.25) is 10.0 Å². The SMILES string of the molecule is COc1cc([C@H]2C3=CCn4c(=O)n(-c5ccccc5)c(=O)n4[C@@H]3C[C@H]3C(=O)N(Nc4ccc(F)cc4)C(=O)[C@@]23c2ccc(Cl)cc2)cc(Cl)c1O. The van der Waals surface area contributed by atoms with Crippen molar-refractivity contribution in [3.63, 3.8) is 0 Å². The minimum absolute atomic E-state index is 0.0137. The smallest absolute Gasteiger partial charge is 0.352 e. The highest BCUT2D eigenvalue weighted by Gasteiger charge is 2.69. The van der Waals surface area contributed by atoms with E-state index in [0.717, 1.165) is 9.58 Å². The molecule has 2 N–H and O–H groups in total. The van der Waals surface area contributed by atoms with Crippen LogP contribution in [0.5, 0.6) is 11.5 Å². The lowest BCUT2D eigenvalue weighted by Gasteiger charge is -2.49. The molecule has 1 aromatic heterocycles. The van der Waals surface area contributed by atoms with Gasteiger partial charge >= 0.3 is 11.4 Å². The van der Waals surface area contributed by atoms with Crippen LogP contribution in [0.3, 0.4) is 0 Å². The standard InChI is InChI=1S/C37H28Cl2FN5O6/c1-51-30-18-20(17-28(39)32(30)46)31-26-15-16-42-35(49)43(25-5-3-2-4-6-25)36(50)45(42)29(26)19-27-33(47)44(41-24-13-11-23(40)12-14-24)34(48)37(27,31)21-7-9-22(38)10-8-21/h2-15,17-18,27,29,31,41,46H,16,19H2,1H3/t27-,29+,31-,37+/m0/s1. The highest BCUT2D eigenvalue weighted by Crippen LogP contribution is 2.62. The maximum absolute atomic E-state index is 15.2. The van der Waals surface area contributed by atoms with Crippen molar-refractivity contribution in [2.75, 3.05) is 12.5 Å². The van der Waals surface area contributed by atoms with Crippen LogP contribution in [0, 0.1) is 11.7 Å². The molecule has 0 unspecified atom stereocenters. The number of anilines is 1. The second-order valence-electron chi connectivity index (χ2n) is 12.6. The number of hydrogen-bond acceptors (Lipinski definition) is 7. The van der Waals surface area contributed by atoms with Gasteiger partial charge in [0, 0.05) is 10.9 Å². The van der Waals surface area contributed by atoms with Crippen molar-refractivity contribution in [3.05, 3.63) is 151 Å². The molecule has 3 aliphatic rings. The van der Waals surface area contributed by atoms with Crippen LogP contribution < -0.4 is 21.5 Å². The number of phenols is 1. The zero-order chi connectivity index (χ0) is 35.8. The second kappa shape index (κ2) is 12.0. The number of ether oxygens (including phenoxy) is 1. The summed E-state index contributed by atoms with van der Waals surface area (Å²) in [6.07, 6.45) is 1.76. The van der Waals surface area contributed by atoms with Crippen LogP contribution in [0.4, 0.5) is 10.1 Å². The predicted molar refractivity (Wildman–Crippen MR) is 187 cm³/mol. The molecule has 0 radical (unpaired) electrons. The van der Waals surface area contributed by atoms with Crippen LogP contribution in [-0.4, -0.2) is 43.0 Å². The Morgan fingerprint density at radius 1 is 0.922 bits per heavy atom. The van der Waals surface area contributed by atoms with E-state index < -0.39 is 52.3 Å².